The molecule has 1 aliphatic rings. The Kier molecular flexibility index (Phi) is 6.68. The van der Waals surface area contributed by atoms with Crippen molar-refractivity contribution in [2.75, 3.05) is 13.2 Å². The Labute approximate surface area is 178 Å². The lowest BCUT2D eigenvalue weighted by Crippen LogP contribution is -2.29. The molecule has 4 heteroatoms. The van der Waals surface area contributed by atoms with Crippen LogP contribution in [0, 0.1) is 0 Å². The van der Waals surface area contributed by atoms with Crippen LogP contribution in [0.4, 0.5) is 0 Å². The summed E-state index contributed by atoms with van der Waals surface area (Å²) in [6, 6.07) is 24.1. The van der Waals surface area contributed by atoms with Gasteiger partial charge in [0.05, 0.1) is 6.61 Å². The third-order valence-electron chi connectivity index (χ3n) is 6.21. The van der Waals surface area contributed by atoms with Gasteiger partial charge in [0, 0.05) is 12.1 Å². The molecule has 3 aromatic carbocycles. The fraction of sp³-hybridized carbons (Fsp3) is 0.385. The first-order chi connectivity index (χ1) is 14.6. The first-order valence-corrected chi connectivity index (χ1v) is 10.9. The average molecular weight is 406 g/mol. The average Bonchev–Trinajstić information content (AvgIpc) is 3.25. The number of fused-ring (bicyclic) bond motifs is 1. The number of hydrogen-bond donors (Lipinski definition) is 3. The largest absolute Gasteiger partial charge is 0.491 e. The Bertz CT molecular complexity index is 951. The maximum Gasteiger partial charge on any atom is 0.119 e. The summed E-state index contributed by atoms with van der Waals surface area (Å²) in [5.41, 5.74) is 2.70. The summed E-state index contributed by atoms with van der Waals surface area (Å²) in [5.74, 6) is 1.28. The van der Waals surface area contributed by atoms with E-state index in [0.29, 0.717) is 18.0 Å². The minimum absolute atomic E-state index is 0.108. The molecule has 1 aliphatic carbocycles. The van der Waals surface area contributed by atoms with Crippen LogP contribution in [0.2, 0.25) is 0 Å². The summed E-state index contributed by atoms with van der Waals surface area (Å²) in [4.78, 5) is 0. The van der Waals surface area contributed by atoms with E-state index in [1.54, 1.807) is 0 Å². The van der Waals surface area contributed by atoms with Crippen molar-refractivity contribution in [1.29, 1.82) is 0 Å². The number of ether oxygens (including phenoxy) is 1. The Morgan fingerprint density at radius 3 is 2.57 bits per heavy atom. The molecule has 1 unspecified atom stereocenters. The van der Waals surface area contributed by atoms with E-state index in [0.717, 1.165) is 12.2 Å². The molecule has 158 valence electrons. The van der Waals surface area contributed by atoms with Crippen LogP contribution in [0.5, 0.6) is 5.75 Å². The van der Waals surface area contributed by atoms with Gasteiger partial charge in [-0.1, -0.05) is 54.6 Å². The standard InChI is InChI=1S/C26H31NO3/c1-18(25-8-4-6-20-5-2-3-7-26(20)25)27-22-12-9-21(15-22)19-10-13-24(14-11-19)30-17-23(29)16-28/h2-8,10-11,13-14,18,21-23,27-29H,9,12,15-17H2,1H3/t18-,21-,22+,23?/m1/s1. The van der Waals surface area contributed by atoms with Gasteiger partial charge in [0.2, 0.25) is 0 Å². The molecule has 4 nitrogen and oxygen atoms in total. The lowest BCUT2D eigenvalue weighted by atomic mass is 9.96. The van der Waals surface area contributed by atoms with Crippen molar-refractivity contribution in [3.8, 4) is 5.75 Å². The van der Waals surface area contributed by atoms with Gasteiger partial charge in [-0.25, -0.2) is 0 Å². The molecule has 0 radical (unpaired) electrons. The number of rotatable bonds is 8. The molecule has 3 aromatic rings. The molecule has 0 heterocycles. The molecule has 1 saturated carbocycles. The van der Waals surface area contributed by atoms with Gasteiger partial charge in [-0.3, -0.25) is 0 Å². The molecule has 3 N–H and O–H groups in total. The van der Waals surface area contributed by atoms with E-state index in [-0.39, 0.29) is 13.2 Å². The number of benzene rings is 3. The predicted octanol–water partition coefficient (Wildman–Crippen LogP) is 4.56. The van der Waals surface area contributed by atoms with Crippen LogP contribution in [0.3, 0.4) is 0 Å². The molecule has 0 bridgehead atoms. The Morgan fingerprint density at radius 1 is 1.00 bits per heavy atom. The van der Waals surface area contributed by atoms with Crippen molar-refractivity contribution in [2.45, 2.75) is 50.3 Å². The third kappa shape index (κ3) is 4.84. The molecule has 30 heavy (non-hydrogen) atoms. The minimum Gasteiger partial charge on any atom is -0.491 e. The van der Waals surface area contributed by atoms with Gasteiger partial charge >= 0.3 is 0 Å². The third-order valence-corrected chi connectivity index (χ3v) is 6.21. The van der Waals surface area contributed by atoms with Gasteiger partial charge in [0.1, 0.15) is 18.5 Å². The first-order valence-electron chi connectivity index (χ1n) is 10.9. The number of hydrogen-bond acceptors (Lipinski definition) is 4. The van der Waals surface area contributed by atoms with E-state index in [1.807, 2.05) is 12.1 Å². The van der Waals surface area contributed by atoms with Crippen LogP contribution < -0.4 is 10.1 Å². The number of nitrogens with one attached hydrogen (secondary N) is 1. The highest BCUT2D eigenvalue weighted by atomic mass is 16.5. The molecule has 4 rings (SSSR count). The Hall–Kier alpha value is -2.40. The predicted molar refractivity (Wildman–Crippen MR) is 121 cm³/mol. The van der Waals surface area contributed by atoms with E-state index in [1.165, 1.54) is 34.7 Å². The van der Waals surface area contributed by atoms with Crippen LogP contribution in [0.1, 0.15) is 49.3 Å². The van der Waals surface area contributed by atoms with Crippen LogP contribution >= 0.6 is 0 Å². The van der Waals surface area contributed by atoms with E-state index in [2.05, 4.69) is 66.8 Å². The van der Waals surface area contributed by atoms with Crippen molar-refractivity contribution in [1.82, 2.24) is 5.32 Å². The van der Waals surface area contributed by atoms with E-state index in [4.69, 9.17) is 9.84 Å². The zero-order valence-electron chi connectivity index (χ0n) is 17.5. The summed E-state index contributed by atoms with van der Waals surface area (Å²) in [6.45, 7) is 2.09. The van der Waals surface area contributed by atoms with Crippen LogP contribution in [-0.2, 0) is 0 Å². The highest BCUT2D eigenvalue weighted by Gasteiger charge is 2.27. The number of aliphatic hydroxyl groups is 2. The van der Waals surface area contributed by atoms with E-state index >= 15 is 0 Å². The van der Waals surface area contributed by atoms with Crippen molar-refractivity contribution in [2.24, 2.45) is 0 Å². The zero-order valence-corrected chi connectivity index (χ0v) is 17.5. The van der Waals surface area contributed by atoms with Crippen molar-refractivity contribution < 1.29 is 14.9 Å². The smallest absolute Gasteiger partial charge is 0.119 e. The topological polar surface area (TPSA) is 61.7 Å². The van der Waals surface area contributed by atoms with Gasteiger partial charge in [-0.15, -0.1) is 0 Å². The molecular formula is C26H31NO3. The van der Waals surface area contributed by atoms with Gasteiger partial charge in [0.15, 0.2) is 0 Å². The first kappa shape index (κ1) is 20.9. The van der Waals surface area contributed by atoms with Crippen molar-refractivity contribution in [3.63, 3.8) is 0 Å². The van der Waals surface area contributed by atoms with Crippen LogP contribution in [0.15, 0.2) is 66.7 Å². The summed E-state index contributed by atoms with van der Waals surface area (Å²) < 4.78 is 5.51. The van der Waals surface area contributed by atoms with Gasteiger partial charge in [-0.05, 0) is 66.1 Å². The zero-order chi connectivity index (χ0) is 20.9. The second kappa shape index (κ2) is 9.61. The summed E-state index contributed by atoms with van der Waals surface area (Å²) in [7, 11) is 0. The van der Waals surface area contributed by atoms with Gasteiger partial charge in [-0.2, -0.15) is 0 Å². The lowest BCUT2D eigenvalue weighted by Gasteiger charge is -2.21. The SMILES string of the molecule is C[C@@H](N[C@H]1CC[C@@H](c2ccc(OCC(O)CO)cc2)C1)c1cccc2ccccc12. The highest BCUT2D eigenvalue weighted by Crippen LogP contribution is 2.36. The molecule has 1 fully saturated rings. The molecule has 0 spiro atoms. The summed E-state index contributed by atoms with van der Waals surface area (Å²) >= 11 is 0. The van der Waals surface area contributed by atoms with Crippen molar-refractivity contribution >= 4 is 10.8 Å². The number of aliphatic hydroxyl groups excluding tert-OH is 2. The molecular weight excluding hydrogens is 374 g/mol. The minimum atomic E-state index is -0.838. The van der Waals surface area contributed by atoms with E-state index in [9.17, 15) is 5.11 Å². The highest BCUT2D eigenvalue weighted by molar-refractivity contribution is 5.86. The second-order valence-corrected chi connectivity index (χ2v) is 8.38. The summed E-state index contributed by atoms with van der Waals surface area (Å²) in [6.07, 6.45) is 2.66. The van der Waals surface area contributed by atoms with E-state index < -0.39 is 6.10 Å². The normalized spacial score (nSPS) is 20.9. The van der Waals surface area contributed by atoms with Gasteiger partial charge in [0.25, 0.3) is 0 Å². The maximum absolute atomic E-state index is 9.41. The fourth-order valence-electron chi connectivity index (χ4n) is 4.59. The Morgan fingerprint density at radius 2 is 1.77 bits per heavy atom. The fourth-order valence-corrected chi connectivity index (χ4v) is 4.59. The Balaban J connectivity index is 1.35. The molecule has 0 aromatic heterocycles. The molecule has 0 aliphatic heterocycles. The summed E-state index contributed by atoms with van der Waals surface area (Å²) in [5, 5.41) is 24.8. The molecule has 4 atom stereocenters. The maximum atomic E-state index is 9.41. The monoisotopic (exact) mass is 405 g/mol. The second-order valence-electron chi connectivity index (χ2n) is 8.38. The lowest BCUT2D eigenvalue weighted by molar-refractivity contribution is 0.0536. The quantitative estimate of drug-likeness (QED) is 0.514. The molecule has 0 amide bonds. The molecule has 0 saturated heterocycles. The van der Waals surface area contributed by atoms with Crippen LogP contribution in [0.25, 0.3) is 10.8 Å². The van der Waals surface area contributed by atoms with Crippen molar-refractivity contribution in [3.05, 3.63) is 77.9 Å². The van der Waals surface area contributed by atoms with Gasteiger partial charge < -0.3 is 20.3 Å². The van der Waals surface area contributed by atoms with Crippen LogP contribution in [-0.4, -0.2) is 35.6 Å².